The Balaban J connectivity index is 1.61. The maximum Gasteiger partial charge on any atom is 0.119 e. The summed E-state index contributed by atoms with van der Waals surface area (Å²) in [7, 11) is 1.70. The van der Waals surface area contributed by atoms with Gasteiger partial charge in [-0.3, -0.25) is 0 Å². The van der Waals surface area contributed by atoms with Crippen molar-refractivity contribution in [2.45, 2.75) is 23.5 Å². The maximum absolute atomic E-state index is 5.24. The van der Waals surface area contributed by atoms with E-state index < -0.39 is 0 Å². The fourth-order valence-electron chi connectivity index (χ4n) is 2.55. The molecule has 3 heteroatoms. The van der Waals surface area contributed by atoms with E-state index in [0.717, 1.165) is 18.7 Å². The van der Waals surface area contributed by atoms with Crippen LogP contribution >= 0.6 is 11.8 Å². The average Bonchev–Trinajstić information content (AvgIpc) is 2.88. The van der Waals surface area contributed by atoms with Crippen LogP contribution in [0, 0.1) is 6.92 Å². The van der Waals surface area contributed by atoms with Crippen LogP contribution in [0.5, 0.6) is 5.75 Å². The highest BCUT2D eigenvalue weighted by Gasteiger charge is 2.21. The molecule has 20 heavy (non-hydrogen) atoms. The second-order valence-electron chi connectivity index (χ2n) is 5.11. The molecule has 1 atom stereocenters. The summed E-state index contributed by atoms with van der Waals surface area (Å²) in [5.41, 5.74) is 3.91. The highest BCUT2D eigenvalue weighted by molar-refractivity contribution is 8.00. The first-order valence-electron chi connectivity index (χ1n) is 6.89. The van der Waals surface area contributed by atoms with Crippen LogP contribution in [0.15, 0.2) is 47.4 Å². The van der Waals surface area contributed by atoms with E-state index in [1.807, 2.05) is 17.8 Å². The van der Waals surface area contributed by atoms with Crippen molar-refractivity contribution < 1.29 is 4.74 Å². The zero-order valence-electron chi connectivity index (χ0n) is 11.8. The largest absolute Gasteiger partial charge is 0.497 e. The predicted molar refractivity (Wildman–Crippen MR) is 86.0 cm³/mol. The summed E-state index contributed by atoms with van der Waals surface area (Å²) in [6, 6.07) is 14.9. The summed E-state index contributed by atoms with van der Waals surface area (Å²) < 4.78 is 5.24. The molecule has 3 rings (SSSR count). The van der Waals surface area contributed by atoms with E-state index >= 15 is 0 Å². The Morgan fingerprint density at radius 1 is 1.25 bits per heavy atom. The second kappa shape index (κ2) is 5.80. The van der Waals surface area contributed by atoms with Gasteiger partial charge in [0.2, 0.25) is 0 Å². The fourth-order valence-corrected chi connectivity index (χ4v) is 3.80. The van der Waals surface area contributed by atoms with Gasteiger partial charge in [0.25, 0.3) is 0 Å². The second-order valence-corrected chi connectivity index (χ2v) is 6.46. The van der Waals surface area contributed by atoms with Crippen LogP contribution in [0.4, 0.5) is 5.69 Å². The fraction of sp³-hybridized carbons (Fsp3) is 0.294. The van der Waals surface area contributed by atoms with Crippen molar-refractivity contribution in [1.82, 2.24) is 0 Å². The molecule has 0 aromatic heterocycles. The molecule has 1 N–H and O–H groups in total. The summed E-state index contributed by atoms with van der Waals surface area (Å²) in [5.74, 6) is 0.913. The van der Waals surface area contributed by atoms with E-state index in [-0.39, 0.29) is 0 Å². The van der Waals surface area contributed by atoms with E-state index in [1.165, 1.54) is 21.7 Å². The lowest BCUT2D eigenvalue weighted by molar-refractivity contribution is 0.414. The van der Waals surface area contributed by atoms with Gasteiger partial charge in [-0.2, -0.15) is 0 Å². The quantitative estimate of drug-likeness (QED) is 0.912. The molecule has 0 bridgehead atoms. The van der Waals surface area contributed by atoms with Gasteiger partial charge in [0.05, 0.1) is 7.11 Å². The molecule has 1 aliphatic heterocycles. The number of fused-ring (bicyclic) bond motifs is 1. The minimum atomic E-state index is 0.619. The molecule has 2 aromatic carbocycles. The van der Waals surface area contributed by atoms with Gasteiger partial charge in [0.15, 0.2) is 0 Å². The summed E-state index contributed by atoms with van der Waals surface area (Å²) in [5, 5.41) is 4.18. The van der Waals surface area contributed by atoms with Gasteiger partial charge >= 0.3 is 0 Å². The Bertz CT molecular complexity index is 587. The van der Waals surface area contributed by atoms with Crippen molar-refractivity contribution in [2.24, 2.45) is 0 Å². The number of benzene rings is 2. The van der Waals surface area contributed by atoms with Gasteiger partial charge in [-0.15, -0.1) is 11.8 Å². The van der Waals surface area contributed by atoms with E-state index in [4.69, 9.17) is 4.74 Å². The van der Waals surface area contributed by atoms with Gasteiger partial charge in [0.1, 0.15) is 5.75 Å². The van der Waals surface area contributed by atoms with E-state index in [9.17, 15) is 0 Å². The number of anilines is 1. The SMILES string of the molecule is COc1ccc(NCC2Cc3ccccc3S2)c(C)c1. The van der Waals surface area contributed by atoms with Crippen LogP contribution in [0.2, 0.25) is 0 Å². The number of aryl methyl sites for hydroxylation is 1. The topological polar surface area (TPSA) is 21.3 Å². The molecule has 1 unspecified atom stereocenters. The number of thioether (sulfide) groups is 1. The number of rotatable bonds is 4. The number of ether oxygens (including phenoxy) is 1. The van der Waals surface area contributed by atoms with Gasteiger partial charge in [0, 0.05) is 22.4 Å². The Labute approximate surface area is 124 Å². The highest BCUT2D eigenvalue weighted by atomic mass is 32.2. The van der Waals surface area contributed by atoms with E-state index in [2.05, 4.69) is 48.6 Å². The van der Waals surface area contributed by atoms with E-state index in [1.54, 1.807) is 7.11 Å². The zero-order valence-corrected chi connectivity index (χ0v) is 12.7. The summed E-state index contributed by atoms with van der Waals surface area (Å²) >= 11 is 1.98. The normalized spacial score (nSPS) is 16.8. The smallest absolute Gasteiger partial charge is 0.119 e. The van der Waals surface area contributed by atoms with Crippen LogP contribution in [0.1, 0.15) is 11.1 Å². The van der Waals surface area contributed by atoms with Crippen LogP contribution in [0.25, 0.3) is 0 Å². The summed E-state index contributed by atoms with van der Waals surface area (Å²) in [6.45, 7) is 3.11. The van der Waals surface area contributed by atoms with Crippen molar-refractivity contribution in [1.29, 1.82) is 0 Å². The van der Waals surface area contributed by atoms with Crippen molar-refractivity contribution in [3.63, 3.8) is 0 Å². The van der Waals surface area contributed by atoms with Gasteiger partial charge in [-0.05, 0) is 48.7 Å². The summed E-state index contributed by atoms with van der Waals surface area (Å²) in [4.78, 5) is 1.44. The van der Waals surface area contributed by atoms with Crippen molar-refractivity contribution in [3.8, 4) is 5.75 Å². The first kappa shape index (κ1) is 13.4. The summed E-state index contributed by atoms with van der Waals surface area (Å²) in [6.07, 6.45) is 1.16. The van der Waals surface area contributed by atoms with Gasteiger partial charge in [-0.25, -0.2) is 0 Å². The lowest BCUT2D eigenvalue weighted by atomic mass is 10.1. The lowest BCUT2D eigenvalue weighted by Crippen LogP contribution is -2.16. The first-order valence-corrected chi connectivity index (χ1v) is 7.77. The maximum atomic E-state index is 5.24. The standard InChI is InChI=1S/C17H19NOS/c1-12-9-14(19-2)7-8-16(12)18-11-15-10-13-5-3-4-6-17(13)20-15/h3-9,15,18H,10-11H2,1-2H3. The number of methoxy groups -OCH3 is 1. The molecule has 0 spiro atoms. The Morgan fingerprint density at radius 2 is 2.10 bits per heavy atom. The molecule has 104 valence electrons. The molecular formula is C17H19NOS. The molecule has 0 amide bonds. The molecular weight excluding hydrogens is 266 g/mol. The molecule has 0 saturated carbocycles. The molecule has 2 nitrogen and oxygen atoms in total. The molecule has 2 aromatic rings. The number of nitrogens with one attached hydrogen (secondary N) is 1. The number of hydrogen-bond acceptors (Lipinski definition) is 3. The van der Waals surface area contributed by atoms with Gasteiger partial charge in [-0.1, -0.05) is 18.2 Å². The van der Waals surface area contributed by atoms with Gasteiger partial charge < -0.3 is 10.1 Å². The Hall–Kier alpha value is -1.61. The number of hydrogen-bond donors (Lipinski definition) is 1. The van der Waals surface area contributed by atoms with E-state index in [0.29, 0.717) is 5.25 Å². The average molecular weight is 285 g/mol. The van der Waals surface area contributed by atoms with Crippen LogP contribution in [0.3, 0.4) is 0 Å². The highest BCUT2D eigenvalue weighted by Crippen LogP contribution is 2.36. The molecule has 0 aliphatic carbocycles. The minimum Gasteiger partial charge on any atom is -0.497 e. The molecule has 0 saturated heterocycles. The molecule has 1 aliphatic rings. The lowest BCUT2D eigenvalue weighted by Gasteiger charge is -2.14. The molecule has 1 heterocycles. The zero-order chi connectivity index (χ0) is 13.9. The van der Waals surface area contributed by atoms with Crippen molar-refractivity contribution in [3.05, 3.63) is 53.6 Å². The Kier molecular flexibility index (Phi) is 3.88. The van der Waals surface area contributed by atoms with Crippen LogP contribution < -0.4 is 10.1 Å². The third-order valence-electron chi connectivity index (χ3n) is 3.67. The predicted octanol–water partition coefficient (Wildman–Crippen LogP) is 4.13. The third-order valence-corrected chi connectivity index (χ3v) is 4.99. The van der Waals surface area contributed by atoms with Crippen LogP contribution in [-0.4, -0.2) is 18.9 Å². The first-order chi connectivity index (χ1) is 9.76. The third kappa shape index (κ3) is 2.78. The van der Waals surface area contributed by atoms with Crippen molar-refractivity contribution >= 4 is 17.4 Å². The molecule has 0 radical (unpaired) electrons. The monoisotopic (exact) mass is 285 g/mol. The van der Waals surface area contributed by atoms with Crippen LogP contribution in [-0.2, 0) is 6.42 Å². The minimum absolute atomic E-state index is 0.619. The Morgan fingerprint density at radius 3 is 2.85 bits per heavy atom. The molecule has 0 fully saturated rings. The van der Waals surface area contributed by atoms with Crippen molar-refractivity contribution in [2.75, 3.05) is 19.0 Å².